The van der Waals surface area contributed by atoms with Crippen molar-refractivity contribution in [1.82, 2.24) is 9.97 Å². The maximum absolute atomic E-state index is 9.29. The van der Waals surface area contributed by atoms with Gasteiger partial charge in [-0.1, -0.05) is 18.2 Å². The van der Waals surface area contributed by atoms with Gasteiger partial charge in [-0.05, 0) is 43.0 Å². The zero-order chi connectivity index (χ0) is 18.6. The Balaban J connectivity index is 1.79. The highest BCUT2D eigenvalue weighted by Crippen LogP contribution is 2.30. The first-order valence-electron chi connectivity index (χ1n) is 8.97. The molecule has 0 bridgehead atoms. The van der Waals surface area contributed by atoms with E-state index in [4.69, 9.17) is 5.73 Å². The van der Waals surface area contributed by atoms with E-state index in [2.05, 4.69) is 21.0 Å². The average molecular weight is 353 g/mol. The molecule has 1 saturated carbocycles. The minimum absolute atomic E-state index is 0.362. The number of aliphatic imine (C=N–C) groups is 1. The third-order valence-corrected chi connectivity index (χ3v) is 4.67. The predicted octanol–water partition coefficient (Wildman–Crippen LogP) is 3.95. The predicted molar refractivity (Wildman–Crippen MR) is 108 cm³/mol. The smallest absolute Gasteiger partial charge is 0.141 e. The Bertz CT molecular complexity index is 1090. The van der Waals surface area contributed by atoms with Crippen LogP contribution in [-0.4, -0.2) is 22.7 Å². The van der Waals surface area contributed by atoms with E-state index >= 15 is 0 Å². The lowest BCUT2D eigenvalue weighted by atomic mass is 9.99. The van der Waals surface area contributed by atoms with E-state index in [-0.39, 0.29) is 0 Å². The van der Waals surface area contributed by atoms with Crippen LogP contribution in [0, 0.1) is 17.2 Å². The van der Waals surface area contributed by atoms with Gasteiger partial charge in [0.2, 0.25) is 0 Å². The molecule has 0 aliphatic heterocycles. The average Bonchev–Trinajstić information content (AvgIpc) is 3.55. The Kier molecular flexibility index (Phi) is 4.63. The largest absolute Gasteiger partial charge is 0.404 e. The van der Waals surface area contributed by atoms with Gasteiger partial charge in [-0.2, -0.15) is 5.26 Å². The molecule has 0 radical (unpaired) electrons. The van der Waals surface area contributed by atoms with Gasteiger partial charge in [0, 0.05) is 47.2 Å². The maximum Gasteiger partial charge on any atom is 0.141 e. The molecule has 0 saturated heterocycles. The monoisotopic (exact) mass is 353 g/mol. The number of fused-ring (bicyclic) bond motifs is 1. The second-order valence-corrected chi connectivity index (χ2v) is 6.67. The molecule has 132 valence electrons. The second kappa shape index (κ2) is 7.38. The molecule has 0 spiro atoms. The van der Waals surface area contributed by atoms with Crippen LogP contribution in [-0.2, 0) is 0 Å². The minimum Gasteiger partial charge on any atom is -0.404 e. The quantitative estimate of drug-likeness (QED) is 0.704. The number of pyridine rings is 2. The molecule has 0 unspecified atom stereocenters. The zero-order valence-corrected chi connectivity index (χ0v) is 14.8. The minimum atomic E-state index is 0.362. The van der Waals surface area contributed by atoms with Crippen molar-refractivity contribution < 1.29 is 0 Å². The summed E-state index contributed by atoms with van der Waals surface area (Å²) in [6.45, 7) is 0.830. The molecule has 1 aliphatic rings. The second-order valence-electron chi connectivity index (χ2n) is 6.67. The van der Waals surface area contributed by atoms with E-state index in [1.54, 1.807) is 18.5 Å². The molecule has 4 rings (SSSR count). The number of rotatable bonds is 5. The molecule has 2 aromatic heterocycles. The van der Waals surface area contributed by atoms with Gasteiger partial charge >= 0.3 is 0 Å². The van der Waals surface area contributed by atoms with E-state index in [0.717, 1.165) is 34.1 Å². The van der Waals surface area contributed by atoms with Crippen LogP contribution in [0.5, 0.6) is 0 Å². The molecule has 5 heteroatoms. The summed E-state index contributed by atoms with van der Waals surface area (Å²) >= 11 is 0. The fraction of sp³-hybridized carbons (Fsp3) is 0.182. The molecule has 2 heterocycles. The van der Waals surface area contributed by atoms with Crippen LogP contribution >= 0.6 is 0 Å². The first kappa shape index (κ1) is 16.9. The summed E-state index contributed by atoms with van der Waals surface area (Å²) in [5.74, 6) is 0.713. The number of allylic oxidation sites excluding steroid dienone is 1. The molecule has 5 nitrogen and oxygen atoms in total. The van der Waals surface area contributed by atoms with Crippen molar-refractivity contribution in [3.8, 4) is 17.3 Å². The fourth-order valence-corrected chi connectivity index (χ4v) is 2.99. The van der Waals surface area contributed by atoms with Gasteiger partial charge < -0.3 is 5.73 Å². The van der Waals surface area contributed by atoms with Crippen molar-refractivity contribution in [2.45, 2.75) is 12.8 Å². The van der Waals surface area contributed by atoms with Gasteiger partial charge in [-0.15, -0.1) is 0 Å². The Morgan fingerprint density at radius 1 is 1.26 bits per heavy atom. The topological polar surface area (TPSA) is 88.0 Å². The molecular weight excluding hydrogens is 334 g/mol. The van der Waals surface area contributed by atoms with Crippen LogP contribution in [0.15, 0.2) is 59.9 Å². The van der Waals surface area contributed by atoms with Crippen molar-refractivity contribution in [2.75, 3.05) is 6.54 Å². The molecule has 1 aromatic carbocycles. The SMILES string of the molecule is N#Cc1ccc(/C(C=NCC2CC2)=C/N)c(-c2ccc3cccnc3c2)n1. The summed E-state index contributed by atoms with van der Waals surface area (Å²) in [6, 6.07) is 15.6. The summed E-state index contributed by atoms with van der Waals surface area (Å²) in [5.41, 5.74) is 10.4. The Morgan fingerprint density at radius 2 is 2.15 bits per heavy atom. The van der Waals surface area contributed by atoms with Crippen LogP contribution in [0.2, 0.25) is 0 Å². The van der Waals surface area contributed by atoms with Crippen LogP contribution in [0.3, 0.4) is 0 Å². The van der Waals surface area contributed by atoms with E-state index in [1.807, 2.05) is 42.6 Å². The van der Waals surface area contributed by atoms with Crippen LogP contribution in [0.4, 0.5) is 0 Å². The summed E-state index contributed by atoms with van der Waals surface area (Å²) in [7, 11) is 0. The molecule has 27 heavy (non-hydrogen) atoms. The molecular formula is C22H19N5. The van der Waals surface area contributed by atoms with Gasteiger partial charge in [0.05, 0.1) is 11.2 Å². The number of nitrogens with two attached hydrogens (primary N) is 1. The van der Waals surface area contributed by atoms with Crippen molar-refractivity contribution in [3.05, 3.63) is 66.1 Å². The summed E-state index contributed by atoms with van der Waals surface area (Å²) < 4.78 is 0. The highest BCUT2D eigenvalue weighted by molar-refractivity contribution is 6.12. The van der Waals surface area contributed by atoms with E-state index in [0.29, 0.717) is 17.3 Å². The van der Waals surface area contributed by atoms with Crippen molar-refractivity contribution in [2.24, 2.45) is 16.6 Å². The van der Waals surface area contributed by atoms with Gasteiger partial charge in [0.25, 0.3) is 0 Å². The summed E-state index contributed by atoms with van der Waals surface area (Å²) in [6.07, 6.45) is 7.63. The molecule has 0 atom stereocenters. The molecule has 0 amide bonds. The van der Waals surface area contributed by atoms with Crippen LogP contribution in [0.1, 0.15) is 24.1 Å². The highest BCUT2D eigenvalue weighted by Gasteiger charge is 2.20. The fourth-order valence-electron chi connectivity index (χ4n) is 2.99. The van der Waals surface area contributed by atoms with Gasteiger partial charge in [-0.25, -0.2) is 4.98 Å². The zero-order valence-electron chi connectivity index (χ0n) is 14.8. The van der Waals surface area contributed by atoms with E-state index in [9.17, 15) is 5.26 Å². The lowest BCUT2D eigenvalue weighted by molar-refractivity contribution is 0.852. The van der Waals surface area contributed by atoms with Crippen molar-refractivity contribution in [1.29, 1.82) is 5.26 Å². The van der Waals surface area contributed by atoms with Crippen molar-refractivity contribution in [3.63, 3.8) is 0 Å². The Hall–Kier alpha value is -3.52. The number of hydrogen-bond acceptors (Lipinski definition) is 5. The van der Waals surface area contributed by atoms with Gasteiger partial charge in [0.1, 0.15) is 11.8 Å². The van der Waals surface area contributed by atoms with Crippen LogP contribution < -0.4 is 5.73 Å². The number of benzene rings is 1. The van der Waals surface area contributed by atoms with Crippen molar-refractivity contribution >= 4 is 22.7 Å². The van der Waals surface area contributed by atoms with Crippen LogP contribution in [0.25, 0.3) is 27.7 Å². The summed E-state index contributed by atoms with van der Waals surface area (Å²) in [4.78, 5) is 13.5. The number of nitriles is 1. The first-order valence-corrected chi connectivity index (χ1v) is 8.97. The maximum atomic E-state index is 9.29. The van der Waals surface area contributed by atoms with E-state index in [1.165, 1.54) is 12.8 Å². The van der Waals surface area contributed by atoms with Gasteiger partial charge in [0.15, 0.2) is 0 Å². The lowest BCUT2D eigenvalue weighted by Gasteiger charge is -2.11. The highest BCUT2D eigenvalue weighted by atomic mass is 14.7. The standard InChI is InChI=1S/C22H19N5/c23-11-18(14-25-13-15-3-4-15)20-8-7-19(12-24)27-22(20)17-6-5-16-2-1-9-26-21(16)10-17/h1-2,5-11,14-15H,3-4,13,23H2/b18-11+,25-14?. The Morgan fingerprint density at radius 3 is 2.93 bits per heavy atom. The molecule has 1 aliphatic carbocycles. The van der Waals surface area contributed by atoms with Gasteiger partial charge in [-0.3, -0.25) is 9.98 Å². The Labute approximate surface area is 157 Å². The lowest BCUT2D eigenvalue weighted by Crippen LogP contribution is -1.99. The molecule has 1 fully saturated rings. The number of aromatic nitrogens is 2. The normalized spacial score (nSPS) is 14.6. The first-order chi connectivity index (χ1) is 13.3. The third kappa shape index (κ3) is 3.70. The summed E-state index contributed by atoms with van der Waals surface area (Å²) in [5, 5.41) is 10.3. The van der Waals surface area contributed by atoms with E-state index < -0.39 is 0 Å². The third-order valence-electron chi connectivity index (χ3n) is 4.67. The molecule has 3 aromatic rings. The number of hydrogen-bond donors (Lipinski definition) is 1. The number of nitrogens with zero attached hydrogens (tertiary/aromatic N) is 4. The molecule has 2 N–H and O–H groups in total.